The van der Waals surface area contributed by atoms with Crippen LogP contribution in [0, 0.1) is 5.92 Å². The van der Waals surface area contributed by atoms with Gasteiger partial charge in [0.1, 0.15) is 5.01 Å². The van der Waals surface area contributed by atoms with Crippen molar-refractivity contribution in [3.63, 3.8) is 0 Å². The van der Waals surface area contributed by atoms with Crippen molar-refractivity contribution in [3.8, 4) is 0 Å². The quantitative estimate of drug-likeness (QED) is 0.908. The summed E-state index contributed by atoms with van der Waals surface area (Å²) in [5.41, 5.74) is 0.0329. The first-order valence-electron chi connectivity index (χ1n) is 7.33. The van der Waals surface area contributed by atoms with Crippen LogP contribution in [-0.4, -0.2) is 35.2 Å². The molecule has 2 rings (SSSR count). The lowest BCUT2D eigenvalue weighted by Gasteiger charge is -2.29. The van der Waals surface area contributed by atoms with Crippen molar-refractivity contribution in [2.24, 2.45) is 5.92 Å². The number of methoxy groups -OCH3 is 1. The molecule has 0 aliphatic carbocycles. The molecule has 1 aromatic heterocycles. The third-order valence-corrected chi connectivity index (χ3v) is 5.21. The van der Waals surface area contributed by atoms with Crippen LogP contribution in [0.2, 0.25) is 0 Å². The zero-order chi connectivity index (χ0) is 14.8. The number of hydrogen-bond donors (Lipinski definition) is 1. The monoisotopic (exact) mass is 298 g/mol. The number of aromatic nitrogens is 1. The highest BCUT2D eigenvalue weighted by Crippen LogP contribution is 2.31. The van der Waals surface area contributed by atoms with E-state index in [0.717, 1.165) is 41.1 Å². The predicted molar refractivity (Wildman–Crippen MR) is 81.7 cm³/mol. The Labute approximate surface area is 125 Å². The van der Waals surface area contributed by atoms with Crippen LogP contribution in [0.1, 0.15) is 49.2 Å². The van der Waals surface area contributed by atoms with E-state index in [2.05, 4.69) is 16.8 Å². The second-order valence-electron chi connectivity index (χ2n) is 6.33. The first-order valence-corrected chi connectivity index (χ1v) is 8.14. The van der Waals surface area contributed by atoms with E-state index in [1.54, 1.807) is 18.4 Å². The number of aliphatic hydroxyl groups is 1. The van der Waals surface area contributed by atoms with Gasteiger partial charge in [-0.2, -0.15) is 0 Å². The number of hydrogen-bond acceptors (Lipinski definition) is 5. The average Bonchev–Trinajstić information content (AvgIpc) is 2.75. The fourth-order valence-electron chi connectivity index (χ4n) is 2.59. The molecule has 1 fully saturated rings. The fraction of sp³-hybridized carbons (Fsp3) is 0.800. The molecule has 1 aromatic rings. The van der Waals surface area contributed by atoms with Gasteiger partial charge in [-0.3, -0.25) is 4.90 Å². The summed E-state index contributed by atoms with van der Waals surface area (Å²) in [7, 11) is 1.67. The van der Waals surface area contributed by atoms with E-state index >= 15 is 0 Å². The minimum absolute atomic E-state index is 0.465. The summed E-state index contributed by atoms with van der Waals surface area (Å²) in [5.74, 6) is 0.846. The second kappa shape index (κ2) is 6.52. The van der Waals surface area contributed by atoms with Crippen LogP contribution in [0.15, 0.2) is 0 Å². The van der Waals surface area contributed by atoms with E-state index in [0.29, 0.717) is 6.61 Å². The highest BCUT2D eigenvalue weighted by atomic mass is 32.1. The van der Waals surface area contributed by atoms with Gasteiger partial charge < -0.3 is 9.84 Å². The summed E-state index contributed by atoms with van der Waals surface area (Å²) in [6, 6.07) is 0. The van der Waals surface area contributed by atoms with Crippen LogP contribution >= 0.6 is 11.3 Å². The summed E-state index contributed by atoms with van der Waals surface area (Å²) < 4.78 is 5.20. The van der Waals surface area contributed by atoms with Gasteiger partial charge in [0.2, 0.25) is 0 Å². The molecule has 2 heterocycles. The lowest BCUT2D eigenvalue weighted by Crippen LogP contribution is -2.32. The molecule has 0 saturated carbocycles. The number of nitrogens with zero attached hydrogens (tertiary/aromatic N) is 2. The van der Waals surface area contributed by atoms with Gasteiger partial charge in [-0.05, 0) is 45.7 Å². The second-order valence-corrected chi connectivity index (χ2v) is 7.42. The zero-order valence-electron chi connectivity index (χ0n) is 13.0. The molecule has 0 radical (unpaired) electrons. The Bertz CT molecular complexity index is 432. The van der Waals surface area contributed by atoms with Gasteiger partial charge in [0, 0.05) is 7.11 Å². The molecular formula is C15H26N2O2S. The van der Waals surface area contributed by atoms with E-state index in [1.165, 1.54) is 12.8 Å². The van der Waals surface area contributed by atoms with Crippen LogP contribution in [0.4, 0.5) is 0 Å². The van der Waals surface area contributed by atoms with Crippen molar-refractivity contribution in [1.29, 1.82) is 0 Å². The Morgan fingerprint density at radius 2 is 2.05 bits per heavy atom. The molecule has 0 spiro atoms. The zero-order valence-corrected chi connectivity index (χ0v) is 13.8. The Morgan fingerprint density at radius 3 is 2.60 bits per heavy atom. The SMILES string of the molecule is COCc1nc(CN2CCC(C)CC2)sc1C(C)(C)O. The van der Waals surface area contributed by atoms with Crippen molar-refractivity contribution >= 4 is 11.3 Å². The van der Waals surface area contributed by atoms with E-state index in [-0.39, 0.29) is 0 Å². The lowest BCUT2D eigenvalue weighted by molar-refractivity contribution is 0.0782. The van der Waals surface area contributed by atoms with Gasteiger partial charge >= 0.3 is 0 Å². The lowest BCUT2D eigenvalue weighted by atomic mass is 9.99. The van der Waals surface area contributed by atoms with Crippen molar-refractivity contribution in [3.05, 3.63) is 15.6 Å². The molecule has 1 N–H and O–H groups in total. The summed E-state index contributed by atoms with van der Waals surface area (Å²) in [6.45, 7) is 9.61. The normalized spacial score (nSPS) is 18.6. The summed E-state index contributed by atoms with van der Waals surface area (Å²) in [6.07, 6.45) is 2.54. The van der Waals surface area contributed by atoms with Crippen LogP contribution in [0.25, 0.3) is 0 Å². The maximum Gasteiger partial charge on any atom is 0.107 e. The smallest absolute Gasteiger partial charge is 0.107 e. The topological polar surface area (TPSA) is 45.6 Å². The maximum absolute atomic E-state index is 10.3. The predicted octanol–water partition coefficient (Wildman–Crippen LogP) is 2.75. The van der Waals surface area contributed by atoms with Crippen molar-refractivity contribution < 1.29 is 9.84 Å². The van der Waals surface area contributed by atoms with E-state index < -0.39 is 5.60 Å². The molecule has 20 heavy (non-hydrogen) atoms. The van der Waals surface area contributed by atoms with E-state index in [1.807, 2.05) is 13.8 Å². The van der Waals surface area contributed by atoms with Crippen molar-refractivity contribution in [1.82, 2.24) is 9.88 Å². The highest BCUT2D eigenvalue weighted by molar-refractivity contribution is 7.11. The van der Waals surface area contributed by atoms with Gasteiger partial charge in [0.05, 0.1) is 29.3 Å². The number of piperidine rings is 1. The van der Waals surface area contributed by atoms with Gasteiger partial charge in [-0.25, -0.2) is 4.98 Å². The third kappa shape index (κ3) is 4.01. The van der Waals surface area contributed by atoms with Gasteiger partial charge in [0.15, 0.2) is 0 Å². The number of thiazole rings is 1. The third-order valence-electron chi connectivity index (χ3n) is 3.81. The minimum atomic E-state index is -0.847. The molecule has 5 heteroatoms. The number of ether oxygens (including phenoxy) is 1. The van der Waals surface area contributed by atoms with Crippen molar-refractivity contribution in [2.75, 3.05) is 20.2 Å². The molecule has 0 amide bonds. The first-order chi connectivity index (χ1) is 9.40. The highest BCUT2D eigenvalue weighted by Gasteiger charge is 2.26. The van der Waals surface area contributed by atoms with E-state index in [4.69, 9.17) is 4.74 Å². The van der Waals surface area contributed by atoms with Crippen LogP contribution in [-0.2, 0) is 23.5 Å². The van der Waals surface area contributed by atoms with Crippen LogP contribution < -0.4 is 0 Å². The Hall–Kier alpha value is -0.490. The molecule has 0 unspecified atom stereocenters. The number of rotatable bonds is 5. The van der Waals surface area contributed by atoms with E-state index in [9.17, 15) is 5.11 Å². The molecule has 1 aliphatic heterocycles. The largest absolute Gasteiger partial charge is 0.385 e. The van der Waals surface area contributed by atoms with Gasteiger partial charge in [0.25, 0.3) is 0 Å². The first kappa shape index (κ1) is 15.9. The molecule has 0 atom stereocenters. The molecular weight excluding hydrogens is 272 g/mol. The Kier molecular flexibility index (Phi) is 5.18. The van der Waals surface area contributed by atoms with Crippen LogP contribution in [0.3, 0.4) is 0 Å². The standard InChI is InChI=1S/C15H26N2O2S/c1-11-5-7-17(8-6-11)9-13-16-12(10-19-4)14(20-13)15(2,3)18/h11,18H,5-10H2,1-4H3. The molecule has 114 valence electrons. The fourth-order valence-corrected chi connectivity index (χ4v) is 3.70. The molecule has 1 aliphatic rings. The Morgan fingerprint density at radius 1 is 1.40 bits per heavy atom. The van der Waals surface area contributed by atoms with Crippen LogP contribution in [0.5, 0.6) is 0 Å². The minimum Gasteiger partial charge on any atom is -0.385 e. The molecule has 0 bridgehead atoms. The Balaban J connectivity index is 2.08. The molecule has 4 nitrogen and oxygen atoms in total. The molecule has 0 aromatic carbocycles. The number of likely N-dealkylation sites (tertiary alicyclic amines) is 1. The molecule has 1 saturated heterocycles. The van der Waals surface area contributed by atoms with Crippen molar-refractivity contribution in [2.45, 2.75) is 52.4 Å². The van der Waals surface area contributed by atoms with Gasteiger partial charge in [-0.1, -0.05) is 6.92 Å². The van der Waals surface area contributed by atoms with Gasteiger partial charge in [-0.15, -0.1) is 11.3 Å². The average molecular weight is 298 g/mol. The summed E-state index contributed by atoms with van der Waals surface area (Å²) >= 11 is 1.62. The summed E-state index contributed by atoms with van der Waals surface area (Å²) in [5, 5.41) is 11.3. The maximum atomic E-state index is 10.3. The summed E-state index contributed by atoms with van der Waals surface area (Å²) in [4.78, 5) is 8.06.